The Morgan fingerprint density at radius 2 is 1.75 bits per heavy atom. The summed E-state index contributed by atoms with van der Waals surface area (Å²) in [6.07, 6.45) is 1.43. The first-order valence-corrected chi connectivity index (χ1v) is 7.82. The SMILES string of the molecule is Cc1cc(C)cc(N2C(=O)/C(=C/c3ccc(C)o3)C(=O)NC2=S)c1. The first-order chi connectivity index (χ1) is 11.3. The molecule has 0 saturated carbocycles. The van der Waals surface area contributed by atoms with Crippen LogP contribution in [0, 0.1) is 20.8 Å². The molecule has 3 rings (SSSR count). The number of aryl methyl sites for hydroxylation is 3. The summed E-state index contributed by atoms with van der Waals surface area (Å²) < 4.78 is 5.43. The van der Waals surface area contributed by atoms with Gasteiger partial charge in [0.1, 0.15) is 17.1 Å². The summed E-state index contributed by atoms with van der Waals surface area (Å²) in [4.78, 5) is 26.4. The van der Waals surface area contributed by atoms with Crippen LogP contribution in [0.25, 0.3) is 6.08 Å². The normalized spacial score (nSPS) is 16.7. The zero-order valence-electron chi connectivity index (χ0n) is 13.5. The van der Waals surface area contributed by atoms with Gasteiger partial charge in [0.25, 0.3) is 11.8 Å². The predicted octanol–water partition coefficient (Wildman–Crippen LogP) is 3.04. The minimum Gasteiger partial charge on any atom is -0.462 e. The van der Waals surface area contributed by atoms with Crippen LogP contribution in [0.2, 0.25) is 0 Å². The molecule has 1 aromatic carbocycles. The van der Waals surface area contributed by atoms with Gasteiger partial charge in [-0.1, -0.05) is 6.07 Å². The number of furan rings is 1. The average molecular weight is 340 g/mol. The van der Waals surface area contributed by atoms with Crippen molar-refractivity contribution in [2.24, 2.45) is 0 Å². The van der Waals surface area contributed by atoms with E-state index in [1.54, 1.807) is 19.1 Å². The Hall–Kier alpha value is -2.73. The van der Waals surface area contributed by atoms with E-state index in [0.29, 0.717) is 17.2 Å². The van der Waals surface area contributed by atoms with E-state index in [0.717, 1.165) is 11.1 Å². The van der Waals surface area contributed by atoms with Gasteiger partial charge in [-0.05, 0) is 74.5 Å². The van der Waals surface area contributed by atoms with Crippen molar-refractivity contribution in [3.05, 3.63) is 58.6 Å². The van der Waals surface area contributed by atoms with Crippen LogP contribution in [0.5, 0.6) is 0 Å². The van der Waals surface area contributed by atoms with Gasteiger partial charge in [-0.25, -0.2) is 0 Å². The molecule has 1 aromatic heterocycles. The largest absolute Gasteiger partial charge is 0.462 e. The van der Waals surface area contributed by atoms with Crippen molar-refractivity contribution in [3.63, 3.8) is 0 Å². The highest BCUT2D eigenvalue weighted by Crippen LogP contribution is 2.24. The molecular weight excluding hydrogens is 324 g/mol. The lowest BCUT2D eigenvalue weighted by atomic mass is 10.1. The fourth-order valence-corrected chi connectivity index (χ4v) is 2.93. The van der Waals surface area contributed by atoms with Gasteiger partial charge >= 0.3 is 0 Å². The van der Waals surface area contributed by atoms with E-state index in [9.17, 15) is 9.59 Å². The molecule has 0 unspecified atom stereocenters. The summed E-state index contributed by atoms with van der Waals surface area (Å²) in [5.74, 6) is 0.147. The molecule has 0 aliphatic carbocycles. The maximum atomic E-state index is 12.8. The third-order valence-corrected chi connectivity index (χ3v) is 3.90. The topological polar surface area (TPSA) is 62.6 Å². The van der Waals surface area contributed by atoms with Crippen molar-refractivity contribution in [2.45, 2.75) is 20.8 Å². The molecule has 0 bridgehead atoms. The number of amides is 2. The standard InChI is InChI=1S/C18H16N2O3S/c1-10-6-11(2)8-13(7-10)20-17(22)15(16(21)19-18(20)24)9-14-5-4-12(3)23-14/h4-9H,1-3H3,(H,19,21,24)/b15-9+. The van der Waals surface area contributed by atoms with Crippen LogP contribution < -0.4 is 10.2 Å². The number of hydrogen-bond donors (Lipinski definition) is 1. The fourth-order valence-electron chi connectivity index (χ4n) is 2.64. The first-order valence-electron chi connectivity index (χ1n) is 7.41. The second-order valence-electron chi connectivity index (χ2n) is 5.75. The van der Waals surface area contributed by atoms with E-state index in [-0.39, 0.29) is 10.7 Å². The van der Waals surface area contributed by atoms with Crippen LogP contribution in [-0.2, 0) is 9.59 Å². The molecule has 2 heterocycles. The molecule has 2 aromatic rings. The first kappa shape index (κ1) is 16.1. The van der Waals surface area contributed by atoms with Crippen molar-refractivity contribution in [3.8, 4) is 0 Å². The average Bonchev–Trinajstić information content (AvgIpc) is 2.87. The van der Waals surface area contributed by atoms with Gasteiger partial charge in [-0.2, -0.15) is 0 Å². The van der Waals surface area contributed by atoms with Crippen LogP contribution >= 0.6 is 12.2 Å². The Morgan fingerprint density at radius 1 is 1.08 bits per heavy atom. The Balaban J connectivity index is 2.04. The molecule has 1 fully saturated rings. The molecular formula is C18H16N2O3S. The molecule has 1 aliphatic heterocycles. The van der Waals surface area contributed by atoms with Crippen molar-refractivity contribution in [2.75, 3.05) is 4.90 Å². The molecule has 24 heavy (non-hydrogen) atoms. The van der Waals surface area contributed by atoms with Crippen molar-refractivity contribution < 1.29 is 14.0 Å². The van der Waals surface area contributed by atoms with Gasteiger partial charge in [-0.3, -0.25) is 19.8 Å². The van der Waals surface area contributed by atoms with Gasteiger partial charge < -0.3 is 4.42 Å². The summed E-state index contributed by atoms with van der Waals surface area (Å²) in [5, 5.41) is 2.63. The van der Waals surface area contributed by atoms with E-state index in [2.05, 4.69) is 5.32 Å². The number of benzene rings is 1. The summed E-state index contributed by atoms with van der Waals surface area (Å²) in [5.41, 5.74) is 2.62. The van der Waals surface area contributed by atoms with E-state index in [4.69, 9.17) is 16.6 Å². The summed E-state index contributed by atoms with van der Waals surface area (Å²) in [7, 11) is 0. The highest BCUT2D eigenvalue weighted by molar-refractivity contribution is 7.80. The molecule has 6 heteroatoms. The number of hydrogen-bond acceptors (Lipinski definition) is 4. The lowest BCUT2D eigenvalue weighted by Gasteiger charge is -2.29. The quantitative estimate of drug-likeness (QED) is 0.518. The van der Waals surface area contributed by atoms with Gasteiger partial charge in [-0.15, -0.1) is 0 Å². The molecule has 1 saturated heterocycles. The van der Waals surface area contributed by atoms with Crippen LogP contribution in [0.15, 0.2) is 40.3 Å². The van der Waals surface area contributed by atoms with Crippen LogP contribution in [0.4, 0.5) is 5.69 Å². The maximum Gasteiger partial charge on any atom is 0.270 e. The lowest BCUT2D eigenvalue weighted by molar-refractivity contribution is -0.122. The maximum absolute atomic E-state index is 12.8. The Labute approximate surface area is 144 Å². The van der Waals surface area contributed by atoms with E-state index < -0.39 is 11.8 Å². The van der Waals surface area contributed by atoms with E-state index in [1.807, 2.05) is 32.0 Å². The van der Waals surface area contributed by atoms with Crippen LogP contribution in [0.3, 0.4) is 0 Å². The van der Waals surface area contributed by atoms with Crippen molar-refractivity contribution in [1.82, 2.24) is 5.32 Å². The molecule has 0 atom stereocenters. The van der Waals surface area contributed by atoms with Gasteiger partial charge in [0.15, 0.2) is 5.11 Å². The van der Waals surface area contributed by atoms with Crippen molar-refractivity contribution >= 4 is 40.9 Å². The molecule has 5 nitrogen and oxygen atoms in total. The van der Waals surface area contributed by atoms with Gasteiger partial charge in [0.2, 0.25) is 0 Å². The third-order valence-electron chi connectivity index (χ3n) is 3.61. The second-order valence-corrected chi connectivity index (χ2v) is 6.14. The highest BCUT2D eigenvalue weighted by atomic mass is 32.1. The number of nitrogens with zero attached hydrogens (tertiary/aromatic N) is 1. The number of nitrogens with one attached hydrogen (secondary N) is 1. The molecule has 2 amide bonds. The summed E-state index contributed by atoms with van der Waals surface area (Å²) in [6.45, 7) is 5.67. The van der Waals surface area contributed by atoms with E-state index >= 15 is 0 Å². The Kier molecular flexibility index (Phi) is 4.07. The molecule has 1 N–H and O–H groups in total. The highest BCUT2D eigenvalue weighted by Gasteiger charge is 2.34. The zero-order valence-corrected chi connectivity index (χ0v) is 14.4. The zero-order chi connectivity index (χ0) is 17.4. The van der Waals surface area contributed by atoms with Crippen molar-refractivity contribution in [1.29, 1.82) is 0 Å². The Bertz CT molecular complexity index is 875. The summed E-state index contributed by atoms with van der Waals surface area (Å²) in [6, 6.07) is 9.18. The Morgan fingerprint density at radius 3 is 2.33 bits per heavy atom. The van der Waals surface area contributed by atoms with Gasteiger partial charge in [0.05, 0.1) is 5.69 Å². The smallest absolute Gasteiger partial charge is 0.270 e. The molecule has 122 valence electrons. The molecule has 0 radical (unpaired) electrons. The monoisotopic (exact) mass is 340 g/mol. The fraction of sp³-hybridized carbons (Fsp3) is 0.167. The predicted molar refractivity (Wildman–Crippen MR) is 95.6 cm³/mol. The number of carbonyl (C=O) groups excluding carboxylic acids is 2. The second kappa shape index (κ2) is 6.05. The third kappa shape index (κ3) is 3.00. The summed E-state index contributed by atoms with van der Waals surface area (Å²) >= 11 is 5.19. The molecule has 1 aliphatic rings. The minimum absolute atomic E-state index is 0.0166. The molecule has 0 spiro atoms. The number of rotatable bonds is 2. The van der Waals surface area contributed by atoms with Gasteiger partial charge in [0, 0.05) is 0 Å². The number of thiocarbonyl (C=S) groups is 1. The lowest BCUT2D eigenvalue weighted by Crippen LogP contribution is -2.54. The minimum atomic E-state index is -0.528. The van der Waals surface area contributed by atoms with E-state index in [1.165, 1.54) is 11.0 Å². The number of anilines is 1. The van der Waals surface area contributed by atoms with Crippen LogP contribution in [0.1, 0.15) is 22.6 Å². The van der Waals surface area contributed by atoms with Crippen LogP contribution in [-0.4, -0.2) is 16.9 Å². The number of carbonyl (C=O) groups is 2.